The Kier molecular flexibility index (Phi) is 7.07. The number of rotatable bonds is 8. The second-order valence-corrected chi connectivity index (χ2v) is 6.82. The van der Waals surface area contributed by atoms with E-state index < -0.39 is 0 Å². The summed E-state index contributed by atoms with van der Waals surface area (Å²) < 4.78 is 16.2. The average Bonchev–Trinajstić information content (AvgIpc) is 2.70. The van der Waals surface area contributed by atoms with Crippen molar-refractivity contribution in [2.24, 2.45) is 0 Å². The molecule has 0 radical (unpaired) electrons. The first-order chi connectivity index (χ1) is 13.6. The zero-order valence-corrected chi connectivity index (χ0v) is 16.6. The normalized spacial score (nSPS) is 12.8. The van der Waals surface area contributed by atoms with Crippen molar-refractivity contribution in [3.05, 3.63) is 34.1 Å². The van der Waals surface area contributed by atoms with E-state index in [1.54, 1.807) is 13.2 Å². The lowest BCUT2D eigenvalue weighted by Gasteiger charge is -2.25. The minimum Gasteiger partial charge on any atom is -0.486 e. The van der Waals surface area contributed by atoms with Crippen LogP contribution in [0.3, 0.4) is 0 Å². The second-order valence-electron chi connectivity index (χ2n) is 6.43. The van der Waals surface area contributed by atoms with Crippen LogP contribution in [0.1, 0.15) is 12.0 Å². The summed E-state index contributed by atoms with van der Waals surface area (Å²) in [7, 11) is 1.62. The summed E-state index contributed by atoms with van der Waals surface area (Å²) in [5.41, 5.74) is 1.09. The molecule has 0 unspecified atom stereocenters. The summed E-state index contributed by atoms with van der Waals surface area (Å²) >= 11 is 5.45. The van der Waals surface area contributed by atoms with Crippen molar-refractivity contribution in [3.63, 3.8) is 0 Å². The van der Waals surface area contributed by atoms with E-state index in [9.17, 15) is 9.90 Å². The van der Waals surface area contributed by atoms with E-state index in [0.717, 1.165) is 5.39 Å². The van der Waals surface area contributed by atoms with Gasteiger partial charge in [-0.05, 0) is 30.8 Å². The third-order valence-corrected chi connectivity index (χ3v) is 4.80. The molecule has 3 N–H and O–H groups in total. The molecule has 3 rings (SSSR count). The van der Waals surface area contributed by atoms with Crippen LogP contribution in [-0.2, 0) is 11.3 Å². The number of nitrogens with zero attached hydrogens (tertiary/aromatic N) is 1. The molecule has 0 spiro atoms. The molecule has 0 amide bonds. The minimum absolute atomic E-state index is 0.0503. The third kappa shape index (κ3) is 4.92. The standard InChI is InChI=1S/C19H25N3O5S/c1-25-6-3-20-19(28)22(4-2-5-23)12-14-9-13-10-16-17(27-8-7-26-16)11-15(13)21-18(14)24/h9-11,23H,2-8,12H2,1H3,(H,20,28)(H,21,24). The Morgan fingerprint density at radius 3 is 2.79 bits per heavy atom. The van der Waals surface area contributed by atoms with E-state index in [1.165, 1.54) is 0 Å². The average molecular weight is 407 g/mol. The second kappa shape index (κ2) is 9.72. The quantitative estimate of drug-likeness (QED) is 0.441. The zero-order valence-electron chi connectivity index (χ0n) is 15.8. The Labute approximate surface area is 168 Å². The van der Waals surface area contributed by atoms with Crippen molar-refractivity contribution in [2.45, 2.75) is 13.0 Å². The highest BCUT2D eigenvalue weighted by Gasteiger charge is 2.16. The lowest BCUT2D eigenvalue weighted by Crippen LogP contribution is -2.42. The number of fused-ring (bicyclic) bond motifs is 2. The van der Waals surface area contributed by atoms with Crippen molar-refractivity contribution >= 4 is 28.2 Å². The number of H-pyrrole nitrogens is 1. The van der Waals surface area contributed by atoms with Gasteiger partial charge in [-0.15, -0.1) is 0 Å². The van der Waals surface area contributed by atoms with E-state index in [-0.39, 0.29) is 12.2 Å². The molecule has 1 aromatic carbocycles. The van der Waals surface area contributed by atoms with E-state index in [0.29, 0.717) is 73.6 Å². The fraction of sp³-hybridized carbons (Fsp3) is 0.474. The molecule has 0 saturated heterocycles. The van der Waals surface area contributed by atoms with E-state index in [2.05, 4.69) is 10.3 Å². The summed E-state index contributed by atoms with van der Waals surface area (Å²) in [5, 5.41) is 13.7. The van der Waals surface area contributed by atoms with E-state index in [1.807, 2.05) is 17.0 Å². The molecule has 2 heterocycles. The molecule has 0 atom stereocenters. The van der Waals surface area contributed by atoms with Gasteiger partial charge >= 0.3 is 0 Å². The number of thiocarbonyl (C=S) groups is 1. The number of aliphatic hydroxyl groups is 1. The third-order valence-electron chi connectivity index (χ3n) is 4.40. The van der Waals surface area contributed by atoms with Crippen LogP contribution in [0.2, 0.25) is 0 Å². The molecular weight excluding hydrogens is 382 g/mol. The van der Waals surface area contributed by atoms with E-state index in [4.69, 9.17) is 26.4 Å². The molecule has 8 nitrogen and oxygen atoms in total. The van der Waals surface area contributed by atoms with Crippen molar-refractivity contribution in [1.29, 1.82) is 0 Å². The monoisotopic (exact) mass is 407 g/mol. The lowest BCUT2D eigenvalue weighted by atomic mass is 10.1. The maximum atomic E-state index is 12.6. The van der Waals surface area contributed by atoms with Crippen LogP contribution >= 0.6 is 12.2 Å². The Hall–Kier alpha value is -2.36. The highest BCUT2D eigenvalue weighted by molar-refractivity contribution is 7.80. The minimum atomic E-state index is -0.183. The summed E-state index contributed by atoms with van der Waals surface area (Å²) in [5.74, 6) is 1.31. The smallest absolute Gasteiger partial charge is 0.253 e. The molecule has 1 aromatic heterocycles. The molecule has 0 bridgehead atoms. The number of methoxy groups -OCH3 is 1. The van der Waals surface area contributed by atoms with Gasteiger partial charge in [0.2, 0.25) is 0 Å². The fourth-order valence-corrected chi connectivity index (χ4v) is 3.25. The molecular formula is C19H25N3O5S. The number of nitrogens with one attached hydrogen (secondary N) is 2. The largest absolute Gasteiger partial charge is 0.486 e. The SMILES string of the molecule is COCCNC(=S)N(CCCO)Cc1cc2cc3c(cc2[nH]c1=O)OCCO3. The first kappa shape index (κ1) is 20.4. The molecule has 1 aliphatic rings. The van der Waals surface area contributed by atoms with Crippen molar-refractivity contribution < 1.29 is 19.3 Å². The summed E-state index contributed by atoms with van der Waals surface area (Å²) in [6.45, 7) is 3.01. The Balaban J connectivity index is 1.83. The molecule has 2 aromatic rings. The Morgan fingerprint density at radius 2 is 2.07 bits per heavy atom. The van der Waals surface area contributed by atoms with Gasteiger partial charge in [0.1, 0.15) is 13.2 Å². The lowest BCUT2D eigenvalue weighted by molar-refractivity contribution is 0.172. The number of aromatic nitrogens is 1. The topological polar surface area (TPSA) is 96.1 Å². The molecule has 28 heavy (non-hydrogen) atoms. The van der Waals surface area contributed by atoms with Crippen molar-refractivity contribution in [3.8, 4) is 11.5 Å². The Bertz CT molecular complexity index is 886. The number of hydrogen-bond donors (Lipinski definition) is 3. The molecule has 1 aliphatic heterocycles. The van der Waals surface area contributed by atoms with Gasteiger partial charge in [0.15, 0.2) is 16.6 Å². The zero-order chi connectivity index (χ0) is 19.9. The van der Waals surface area contributed by atoms with Gasteiger partial charge in [0.05, 0.1) is 18.7 Å². The summed E-state index contributed by atoms with van der Waals surface area (Å²) in [6, 6.07) is 5.50. The summed E-state index contributed by atoms with van der Waals surface area (Å²) in [4.78, 5) is 17.4. The highest BCUT2D eigenvalue weighted by atomic mass is 32.1. The van der Waals surface area contributed by atoms with Gasteiger partial charge < -0.3 is 34.5 Å². The van der Waals surface area contributed by atoms with Crippen LogP contribution in [0.15, 0.2) is 23.0 Å². The number of aromatic amines is 1. The predicted octanol–water partition coefficient (Wildman–Crippen LogP) is 1.00. The maximum absolute atomic E-state index is 12.6. The number of hydrogen-bond acceptors (Lipinski definition) is 6. The molecule has 0 fully saturated rings. The van der Waals surface area contributed by atoms with Crippen LogP contribution in [-0.4, -0.2) is 66.7 Å². The number of pyridine rings is 1. The highest BCUT2D eigenvalue weighted by Crippen LogP contribution is 2.33. The molecule has 0 aliphatic carbocycles. The number of ether oxygens (including phenoxy) is 3. The van der Waals surface area contributed by atoms with Crippen molar-refractivity contribution in [2.75, 3.05) is 46.6 Å². The van der Waals surface area contributed by atoms with E-state index >= 15 is 0 Å². The van der Waals surface area contributed by atoms with Gasteiger partial charge in [0.25, 0.3) is 5.56 Å². The first-order valence-corrected chi connectivity index (χ1v) is 9.61. The van der Waals surface area contributed by atoms with Crippen LogP contribution in [0.4, 0.5) is 0 Å². The van der Waals surface area contributed by atoms with Crippen LogP contribution in [0, 0.1) is 0 Å². The van der Waals surface area contributed by atoms with Crippen molar-refractivity contribution in [1.82, 2.24) is 15.2 Å². The van der Waals surface area contributed by atoms with Crippen LogP contribution in [0.25, 0.3) is 10.9 Å². The summed E-state index contributed by atoms with van der Waals surface area (Å²) in [6.07, 6.45) is 0.552. The number of aliphatic hydroxyl groups excluding tert-OH is 1. The maximum Gasteiger partial charge on any atom is 0.253 e. The van der Waals surface area contributed by atoms with Crippen LogP contribution in [0.5, 0.6) is 11.5 Å². The first-order valence-electron chi connectivity index (χ1n) is 9.20. The van der Waals surface area contributed by atoms with Crippen LogP contribution < -0.4 is 20.3 Å². The molecule has 9 heteroatoms. The molecule has 0 saturated carbocycles. The van der Waals surface area contributed by atoms with Gasteiger partial charge in [0, 0.05) is 43.8 Å². The van der Waals surface area contributed by atoms with Gasteiger partial charge in [-0.3, -0.25) is 4.79 Å². The predicted molar refractivity (Wildman–Crippen MR) is 110 cm³/mol. The van der Waals surface area contributed by atoms with Gasteiger partial charge in [-0.1, -0.05) is 0 Å². The fourth-order valence-electron chi connectivity index (χ4n) is 3.00. The van der Waals surface area contributed by atoms with Gasteiger partial charge in [-0.25, -0.2) is 0 Å². The van der Waals surface area contributed by atoms with Gasteiger partial charge in [-0.2, -0.15) is 0 Å². The Morgan fingerprint density at radius 1 is 1.32 bits per heavy atom. The number of benzene rings is 1. The molecule has 152 valence electrons.